The van der Waals surface area contributed by atoms with Crippen LogP contribution in [0.3, 0.4) is 0 Å². The Labute approximate surface area is 134 Å². The first-order valence-corrected chi connectivity index (χ1v) is 7.16. The SMILES string of the molecule is O=C(CCCNC(=O)/C(Cc1ccc(O)c(Br)c1)=N/O)NO. The van der Waals surface area contributed by atoms with Crippen molar-refractivity contribution >= 4 is 33.5 Å². The van der Waals surface area contributed by atoms with Crippen LogP contribution >= 0.6 is 15.9 Å². The molecule has 0 spiro atoms. The van der Waals surface area contributed by atoms with Gasteiger partial charge in [-0.05, 0) is 40.0 Å². The Morgan fingerprint density at radius 1 is 1.32 bits per heavy atom. The minimum atomic E-state index is -0.559. The Balaban J connectivity index is 2.51. The third-order valence-corrected chi connectivity index (χ3v) is 3.39. The maximum Gasteiger partial charge on any atom is 0.269 e. The summed E-state index contributed by atoms with van der Waals surface area (Å²) in [7, 11) is 0. The molecule has 8 nitrogen and oxygen atoms in total. The smallest absolute Gasteiger partial charge is 0.269 e. The first-order valence-electron chi connectivity index (χ1n) is 6.37. The molecule has 9 heteroatoms. The van der Waals surface area contributed by atoms with Crippen molar-refractivity contribution in [2.24, 2.45) is 5.16 Å². The molecule has 1 aromatic carbocycles. The summed E-state index contributed by atoms with van der Waals surface area (Å²) in [6, 6.07) is 4.67. The highest BCUT2D eigenvalue weighted by Crippen LogP contribution is 2.24. The van der Waals surface area contributed by atoms with Crippen molar-refractivity contribution in [1.82, 2.24) is 10.8 Å². The van der Waals surface area contributed by atoms with Crippen LogP contribution in [0.5, 0.6) is 5.75 Å². The number of carbonyl (C=O) groups is 2. The highest BCUT2D eigenvalue weighted by atomic mass is 79.9. The molecule has 0 saturated heterocycles. The number of hydroxylamine groups is 1. The Bertz CT molecular complexity index is 577. The van der Waals surface area contributed by atoms with Crippen LogP contribution in [0.15, 0.2) is 27.8 Å². The molecule has 0 heterocycles. The minimum absolute atomic E-state index is 0.0628. The van der Waals surface area contributed by atoms with Crippen LogP contribution in [-0.2, 0) is 16.0 Å². The predicted molar refractivity (Wildman–Crippen MR) is 80.9 cm³/mol. The van der Waals surface area contributed by atoms with E-state index >= 15 is 0 Å². The molecule has 2 amide bonds. The summed E-state index contributed by atoms with van der Waals surface area (Å²) < 4.78 is 0.470. The third kappa shape index (κ3) is 5.70. The fourth-order valence-electron chi connectivity index (χ4n) is 1.62. The second-order valence-corrected chi connectivity index (χ2v) is 5.26. The first kappa shape index (κ1) is 17.9. The van der Waals surface area contributed by atoms with Crippen molar-refractivity contribution in [1.29, 1.82) is 0 Å². The van der Waals surface area contributed by atoms with Gasteiger partial charge in [0, 0.05) is 19.4 Å². The van der Waals surface area contributed by atoms with Gasteiger partial charge < -0.3 is 15.6 Å². The van der Waals surface area contributed by atoms with Gasteiger partial charge in [0.2, 0.25) is 5.91 Å². The normalized spacial score (nSPS) is 11.1. The van der Waals surface area contributed by atoms with E-state index in [0.29, 0.717) is 16.5 Å². The second kappa shape index (κ2) is 9.00. The molecule has 0 fully saturated rings. The molecule has 0 aliphatic rings. The monoisotopic (exact) mass is 373 g/mol. The topological polar surface area (TPSA) is 131 Å². The number of aromatic hydroxyl groups is 1. The van der Waals surface area contributed by atoms with Crippen LogP contribution in [0.4, 0.5) is 0 Å². The summed E-state index contributed by atoms with van der Waals surface area (Å²) in [6.45, 7) is 0.199. The number of benzene rings is 1. The summed E-state index contributed by atoms with van der Waals surface area (Å²) in [4.78, 5) is 22.6. The Kier molecular flexibility index (Phi) is 7.33. The number of phenolic OH excluding ortho intramolecular Hbond substituents is 1. The standard InChI is InChI=1S/C13H16BrN3O5/c14-9-6-8(3-4-11(9)18)7-10(16-21)13(20)15-5-1-2-12(19)17-22/h3-4,6,18,21-22H,1-2,5,7H2,(H,15,20)(H,17,19)/b16-10+. The Morgan fingerprint density at radius 3 is 2.64 bits per heavy atom. The molecule has 0 bridgehead atoms. The average Bonchev–Trinajstić information content (AvgIpc) is 2.51. The number of hydrogen-bond acceptors (Lipinski definition) is 6. The van der Waals surface area contributed by atoms with Gasteiger partial charge in [-0.25, -0.2) is 5.48 Å². The third-order valence-electron chi connectivity index (χ3n) is 2.76. The zero-order chi connectivity index (χ0) is 16.5. The minimum Gasteiger partial charge on any atom is -0.507 e. The molecule has 120 valence electrons. The van der Waals surface area contributed by atoms with Crippen molar-refractivity contribution in [3.63, 3.8) is 0 Å². The van der Waals surface area contributed by atoms with E-state index in [-0.39, 0.29) is 30.8 Å². The van der Waals surface area contributed by atoms with Crippen molar-refractivity contribution in [2.45, 2.75) is 19.3 Å². The summed E-state index contributed by atoms with van der Waals surface area (Å²) >= 11 is 3.16. The molecular formula is C13H16BrN3O5. The number of hydrogen-bond donors (Lipinski definition) is 5. The van der Waals surface area contributed by atoms with E-state index in [1.165, 1.54) is 11.5 Å². The van der Waals surface area contributed by atoms with Gasteiger partial charge >= 0.3 is 0 Å². The average molecular weight is 374 g/mol. The maximum absolute atomic E-state index is 11.8. The van der Waals surface area contributed by atoms with Gasteiger partial charge in [-0.2, -0.15) is 0 Å². The van der Waals surface area contributed by atoms with Gasteiger partial charge in [0.15, 0.2) is 0 Å². The molecule has 0 atom stereocenters. The van der Waals surface area contributed by atoms with Crippen LogP contribution in [-0.4, -0.2) is 39.6 Å². The quantitative estimate of drug-likeness (QED) is 0.159. The molecule has 1 aromatic rings. The van der Waals surface area contributed by atoms with Gasteiger partial charge in [0.05, 0.1) is 4.47 Å². The van der Waals surface area contributed by atoms with Gasteiger partial charge in [-0.1, -0.05) is 11.2 Å². The molecule has 0 radical (unpaired) electrons. The highest BCUT2D eigenvalue weighted by molar-refractivity contribution is 9.10. The number of carbonyl (C=O) groups excluding carboxylic acids is 2. The number of rotatable bonds is 7. The number of oxime groups is 1. The molecule has 22 heavy (non-hydrogen) atoms. The summed E-state index contributed by atoms with van der Waals surface area (Å²) in [5.41, 5.74) is 2.07. The molecule has 5 N–H and O–H groups in total. The van der Waals surface area contributed by atoms with Crippen LogP contribution < -0.4 is 10.8 Å². The van der Waals surface area contributed by atoms with Crippen LogP contribution in [0.1, 0.15) is 18.4 Å². The molecular weight excluding hydrogens is 358 g/mol. The maximum atomic E-state index is 11.8. The molecule has 0 aliphatic heterocycles. The Hall–Kier alpha value is -2.13. The van der Waals surface area contributed by atoms with E-state index < -0.39 is 11.8 Å². The number of phenols is 1. The zero-order valence-corrected chi connectivity index (χ0v) is 13.1. The number of nitrogens with zero attached hydrogens (tertiary/aromatic N) is 1. The van der Waals surface area contributed by atoms with Gasteiger partial charge in [0.25, 0.3) is 5.91 Å². The molecule has 0 aromatic heterocycles. The lowest BCUT2D eigenvalue weighted by Crippen LogP contribution is -2.33. The molecule has 0 unspecified atom stereocenters. The van der Waals surface area contributed by atoms with E-state index in [9.17, 15) is 14.7 Å². The van der Waals surface area contributed by atoms with Crippen molar-refractivity contribution < 1.29 is 25.1 Å². The number of halogens is 1. The first-order chi connectivity index (χ1) is 10.5. The fraction of sp³-hybridized carbons (Fsp3) is 0.308. The van der Waals surface area contributed by atoms with Gasteiger partial charge in [-0.3, -0.25) is 14.8 Å². The highest BCUT2D eigenvalue weighted by Gasteiger charge is 2.13. The van der Waals surface area contributed by atoms with E-state index in [4.69, 9.17) is 10.4 Å². The largest absolute Gasteiger partial charge is 0.507 e. The molecule has 0 saturated carbocycles. The fourth-order valence-corrected chi connectivity index (χ4v) is 2.05. The van der Waals surface area contributed by atoms with Crippen molar-refractivity contribution in [3.8, 4) is 5.75 Å². The van der Waals surface area contributed by atoms with E-state index in [0.717, 1.165) is 0 Å². The van der Waals surface area contributed by atoms with Gasteiger partial charge in [0.1, 0.15) is 11.5 Å². The lowest BCUT2D eigenvalue weighted by Gasteiger charge is -2.07. The van der Waals surface area contributed by atoms with E-state index in [1.807, 2.05) is 0 Å². The van der Waals surface area contributed by atoms with E-state index in [2.05, 4.69) is 26.4 Å². The van der Waals surface area contributed by atoms with Crippen LogP contribution in [0, 0.1) is 0 Å². The number of amides is 2. The second-order valence-electron chi connectivity index (χ2n) is 4.40. The van der Waals surface area contributed by atoms with Crippen LogP contribution in [0.25, 0.3) is 0 Å². The van der Waals surface area contributed by atoms with Crippen molar-refractivity contribution in [2.75, 3.05) is 6.54 Å². The molecule has 1 rings (SSSR count). The molecule has 0 aliphatic carbocycles. The lowest BCUT2D eigenvalue weighted by atomic mass is 10.1. The van der Waals surface area contributed by atoms with E-state index in [1.54, 1.807) is 12.1 Å². The zero-order valence-electron chi connectivity index (χ0n) is 11.5. The Morgan fingerprint density at radius 2 is 2.05 bits per heavy atom. The van der Waals surface area contributed by atoms with Gasteiger partial charge in [-0.15, -0.1) is 0 Å². The lowest BCUT2D eigenvalue weighted by molar-refractivity contribution is -0.129. The summed E-state index contributed by atoms with van der Waals surface area (Å²) in [6.07, 6.45) is 0.479. The summed E-state index contributed by atoms with van der Waals surface area (Å²) in [5, 5.41) is 32.1. The number of nitrogens with one attached hydrogen (secondary N) is 2. The van der Waals surface area contributed by atoms with Crippen LogP contribution in [0.2, 0.25) is 0 Å². The summed E-state index contributed by atoms with van der Waals surface area (Å²) in [5.74, 6) is -1.03. The predicted octanol–water partition coefficient (Wildman–Crippen LogP) is 0.929. The van der Waals surface area contributed by atoms with Crippen molar-refractivity contribution in [3.05, 3.63) is 28.2 Å².